The predicted molar refractivity (Wildman–Crippen MR) is 137 cm³/mol. The van der Waals surface area contributed by atoms with Crippen molar-refractivity contribution >= 4 is 27.5 Å². The summed E-state index contributed by atoms with van der Waals surface area (Å²) in [4.78, 5) is 27.8. The van der Waals surface area contributed by atoms with E-state index < -0.39 is 22.0 Å². The van der Waals surface area contributed by atoms with Crippen LogP contribution in [0.15, 0.2) is 42.5 Å². The first kappa shape index (κ1) is 27.4. The van der Waals surface area contributed by atoms with Gasteiger partial charge in [-0.15, -0.1) is 0 Å². The van der Waals surface area contributed by atoms with Gasteiger partial charge in [0.05, 0.1) is 11.9 Å². The van der Waals surface area contributed by atoms with Crippen LogP contribution in [0.1, 0.15) is 48.9 Å². The third-order valence-electron chi connectivity index (χ3n) is 5.89. The molecule has 1 atom stereocenters. The summed E-state index contributed by atoms with van der Waals surface area (Å²) in [6, 6.07) is 12.2. The molecule has 0 saturated carbocycles. The summed E-state index contributed by atoms with van der Waals surface area (Å²) in [6.45, 7) is 9.86. The SMILES string of the molecule is CCCCNC(=O)[C@H](C)N(Cc1cccc(C)c1)C(=O)CN(c1ccc(C)c(C)c1)S(C)(=O)=O. The highest BCUT2D eigenvalue weighted by Gasteiger charge is 2.30. The maximum atomic E-state index is 13.5. The summed E-state index contributed by atoms with van der Waals surface area (Å²) in [6.07, 6.45) is 2.88. The van der Waals surface area contributed by atoms with Crippen molar-refractivity contribution in [2.75, 3.05) is 23.7 Å². The van der Waals surface area contributed by atoms with Crippen molar-refractivity contribution in [3.05, 3.63) is 64.7 Å². The Hall–Kier alpha value is -2.87. The van der Waals surface area contributed by atoms with E-state index in [4.69, 9.17) is 0 Å². The number of nitrogens with zero attached hydrogens (tertiary/aromatic N) is 2. The summed E-state index contributed by atoms with van der Waals surface area (Å²) in [7, 11) is -3.73. The van der Waals surface area contributed by atoms with Gasteiger partial charge in [-0.1, -0.05) is 49.2 Å². The van der Waals surface area contributed by atoms with Gasteiger partial charge in [-0.3, -0.25) is 13.9 Å². The van der Waals surface area contributed by atoms with Crippen molar-refractivity contribution < 1.29 is 18.0 Å². The molecule has 1 N–H and O–H groups in total. The van der Waals surface area contributed by atoms with Crippen LogP contribution < -0.4 is 9.62 Å². The van der Waals surface area contributed by atoms with E-state index in [1.54, 1.807) is 19.1 Å². The molecule has 0 radical (unpaired) electrons. The lowest BCUT2D eigenvalue weighted by Gasteiger charge is -2.31. The highest BCUT2D eigenvalue weighted by molar-refractivity contribution is 7.92. The van der Waals surface area contributed by atoms with Gasteiger partial charge in [0, 0.05) is 13.1 Å². The fourth-order valence-electron chi connectivity index (χ4n) is 3.62. The number of carbonyl (C=O) groups excluding carboxylic acids is 2. The molecule has 2 aromatic rings. The van der Waals surface area contributed by atoms with Crippen LogP contribution in [0.2, 0.25) is 0 Å². The van der Waals surface area contributed by atoms with Gasteiger partial charge in [-0.05, 0) is 62.9 Å². The number of anilines is 1. The summed E-state index contributed by atoms with van der Waals surface area (Å²) >= 11 is 0. The molecule has 8 heteroatoms. The summed E-state index contributed by atoms with van der Waals surface area (Å²) in [5, 5.41) is 2.88. The minimum Gasteiger partial charge on any atom is -0.354 e. The van der Waals surface area contributed by atoms with Crippen LogP contribution in [0.25, 0.3) is 0 Å². The molecule has 7 nitrogen and oxygen atoms in total. The fourth-order valence-corrected chi connectivity index (χ4v) is 4.46. The van der Waals surface area contributed by atoms with Gasteiger partial charge in [0.1, 0.15) is 12.6 Å². The molecule has 2 amide bonds. The second-order valence-electron chi connectivity index (χ2n) is 8.87. The average Bonchev–Trinajstić information content (AvgIpc) is 2.76. The molecular weight excluding hydrogens is 450 g/mol. The summed E-state index contributed by atoms with van der Waals surface area (Å²) in [5.74, 6) is -0.699. The Bertz CT molecular complexity index is 1110. The van der Waals surface area contributed by atoms with E-state index in [9.17, 15) is 18.0 Å². The topological polar surface area (TPSA) is 86.8 Å². The van der Waals surface area contributed by atoms with Crippen LogP contribution in [-0.4, -0.2) is 50.5 Å². The molecule has 2 rings (SSSR count). The number of aryl methyl sites for hydroxylation is 3. The molecule has 0 saturated heterocycles. The highest BCUT2D eigenvalue weighted by atomic mass is 32.2. The molecule has 0 bridgehead atoms. The number of carbonyl (C=O) groups is 2. The quantitative estimate of drug-likeness (QED) is 0.490. The zero-order valence-corrected chi connectivity index (χ0v) is 21.9. The van der Waals surface area contributed by atoms with Crippen molar-refractivity contribution in [2.45, 2.75) is 60.0 Å². The van der Waals surface area contributed by atoms with Gasteiger partial charge < -0.3 is 10.2 Å². The van der Waals surface area contributed by atoms with Crippen LogP contribution >= 0.6 is 0 Å². The number of unbranched alkanes of at least 4 members (excludes halogenated alkanes) is 1. The Morgan fingerprint density at radius 3 is 2.32 bits per heavy atom. The molecule has 2 aromatic carbocycles. The Balaban J connectivity index is 2.37. The second kappa shape index (κ2) is 12.0. The van der Waals surface area contributed by atoms with E-state index in [0.29, 0.717) is 12.2 Å². The summed E-state index contributed by atoms with van der Waals surface area (Å²) < 4.78 is 26.4. The lowest BCUT2D eigenvalue weighted by molar-refractivity contribution is -0.139. The maximum Gasteiger partial charge on any atom is 0.244 e. The molecular formula is C26H37N3O4S. The molecule has 0 fully saturated rings. The number of benzene rings is 2. The number of amides is 2. The monoisotopic (exact) mass is 487 g/mol. The zero-order valence-electron chi connectivity index (χ0n) is 21.1. The van der Waals surface area contributed by atoms with Gasteiger partial charge in [-0.2, -0.15) is 0 Å². The van der Waals surface area contributed by atoms with Crippen LogP contribution in [0, 0.1) is 20.8 Å². The van der Waals surface area contributed by atoms with Gasteiger partial charge in [0.2, 0.25) is 21.8 Å². The fraction of sp³-hybridized carbons (Fsp3) is 0.462. The highest BCUT2D eigenvalue weighted by Crippen LogP contribution is 2.22. The first-order valence-corrected chi connectivity index (χ1v) is 13.5. The number of nitrogens with one attached hydrogen (secondary N) is 1. The van der Waals surface area contributed by atoms with Crippen LogP contribution in [0.5, 0.6) is 0 Å². The standard InChI is InChI=1S/C26H37N3O4S/c1-7-8-14-27-26(31)22(5)28(17-23-11-9-10-19(2)15-23)25(30)18-29(34(6,32)33)24-13-12-20(3)21(4)16-24/h9-13,15-16,22H,7-8,14,17-18H2,1-6H3,(H,27,31)/t22-/m0/s1. The van der Waals surface area contributed by atoms with E-state index in [1.165, 1.54) is 4.90 Å². The molecule has 34 heavy (non-hydrogen) atoms. The predicted octanol–water partition coefficient (Wildman–Crippen LogP) is 3.71. The third-order valence-corrected chi connectivity index (χ3v) is 7.03. The Morgan fingerprint density at radius 2 is 1.74 bits per heavy atom. The number of rotatable bonds is 11. The van der Waals surface area contributed by atoms with E-state index in [2.05, 4.69) is 5.32 Å². The number of hydrogen-bond donors (Lipinski definition) is 1. The Labute approximate surface area is 204 Å². The summed E-state index contributed by atoms with van der Waals surface area (Å²) in [5.41, 5.74) is 4.30. The Kier molecular flexibility index (Phi) is 9.67. The zero-order chi connectivity index (χ0) is 25.5. The number of sulfonamides is 1. The normalized spacial score (nSPS) is 12.2. The smallest absolute Gasteiger partial charge is 0.244 e. The largest absolute Gasteiger partial charge is 0.354 e. The molecule has 0 aliphatic carbocycles. The first-order valence-electron chi connectivity index (χ1n) is 11.6. The first-order chi connectivity index (χ1) is 15.9. The van der Waals surface area contributed by atoms with Crippen molar-refractivity contribution in [1.29, 1.82) is 0 Å². The van der Waals surface area contributed by atoms with Crippen molar-refractivity contribution in [3.8, 4) is 0 Å². The van der Waals surface area contributed by atoms with Gasteiger partial charge in [0.15, 0.2) is 0 Å². The molecule has 0 aromatic heterocycles. The second-order valence-corrected chi connectivity index (χ2v) is 10.8. The van der Waals surface area contributed by atoms with Crippen molar-refractivity contribution in [2.24, 2.45) is 0 Å². The maximum absolute atomic E-state index is 13.5. The van der Waals surface area contributed by atoms with Gasteiger partial charge in [-0.25, -0.2) is 8.42 Å². The molecule has 0 spiro atoms. The molecule has 186 valence electrons. The van der Waals surface area contributed by atoms with E-state index in [1.807, 2.05) is 58.0 Å². The van der Waals surface area contributed by atoms with Crippen molar-refractivity contribution in [3.63, 3.8) is 0 Å². The van der Waals surface area contributed by atoms with Crippen LogP contribution in [0.3, 0.4) is 0 Å². The lowest BCUT2D eigenvalue weighted by atomic mass is 10.1. The van der Waals surface area contributed by atoms with E-state index in [0.717, 1.165) is 45.7 Å². The molecule has 0 unspecified atom stereocenters. The van der Waals surface area contributed by atoms with E-state index in [-0.39, 0.29) is 19.0 Å². The van der Waals surface area contributed by atoms with Gasteiger partial charge in [0.25, 0.3) is 0 Å². The lowest BCUT2D eigenvalue weighted by Crippen LogP contribution is -2.51. The van der Waals surface area contributed by atoms with Crippen LogP contribution in [0.4, 0.5) is 5.69 Å². The van der Waals surface area contributed by atoms with Crippen LogP contribution in [-0.2, 0) is 26.2 Å². The minimum atomic E-state index is -3.73. The molecule has 0 aliphatic rings. The average molecular weight is 488 g/mol. The van der Waals surface area contributed by atoms with Gasteiger partial charge >= 0.3 is 0 Å². The Morgan fingerprint density at radius 1 is 1.03 bits per heavy atom. The minimum absolute atomic E-state index is 0.202. The molecule has 0 aliphatic heterocycles. The third kappa shape index (κ3) is 7.58. The van der Waals surface area contributed by atoms with E-state index >= 15 is 0 Å². The van der Waals surface area contributed by atoms with Crippen molar-refractivity contribution in [1.82, 2.24) is 10.2 Å². The molecule has 0 heterocycles. The number of hydrogen-bond acceptors (Lipinski definition) is 4.